The van der Waals surface area contributed by atoms with Crippen molar-refractivity contribution in [1.82, 2.24) is 5.32 Å². The molecule has 0 saturated heterocycles. The van der Waals surface area contributed by atoms with E-state index in [1.165, 1.54) is 0 Å². The van der Waals surface area contributed by atoms with Gasteiger partial charge in [0, 0.05) is 11.6 Å². The van der Waals surface area contributed by atoms with Gasteiger partial charge in [0.1, 0.15) is 0 Å². The highest BCUT2D eigenvalue weighted by atomic mass is 79.9. The number of likely N-dealkylation sites (N-methyl/N-ethyl adjacent to an activating group) is 1. The summed E-state index contributed by atoms with van der Waals surface area (Å²) in [6.07, 6.45) is 0.748. The second kappa shape index (κ2) is 4.93. The maximum atomic E-state index is 10.8. The van der Waals surface area contributed by atoms with E-state index in [0.29, 0.717) is 4.47 Å². The Hall–Kier alpha value is -0.940. The molecule has 16 heavy (non-hydrogen) atoms. The summed E-state index contributed by atoms with van der Waals surface area (Å²) in [5.74, 6) is 0. The number of nitrogens with one attached hydrogen (secondary N) is 1. The van der Waals surface area contributed by atoms with Crippen molar-refractivity contribution in [2.24, 2.45) is 0 Å². The van der Waals surface area contributed by atoms with Crippen LogP contribution in [0.5, 0.6) is 0 Å². The highest BCUT2D eigenvalue weighted by Crippen LogP contribution is 2.27. The first kappa shape index (κ1) is 13.1. The van der Waals surface area contributed by atoms with Crippen LogP contribution in [0.3, 0.4) is 0 Å². The summed E-state index contributed by atoms with van der Waals surface area (Å²) in [7, 11) is 1.88. The van der Waals surface area contributed by atoms with Gasteiger partial charge in [-0.05, 0) is 54.9 Å². The minimum atomic E-state index is -0.375. The number of benzene rings is 1. The maximum absolute atomic E-state index is 10.8. The molecule has 0 aliphatic carbocycles. The highest BCUT2D eigenvalue weighted by Gasteiger charge is 2.18. The average Bonchev–Trinajstić information content (AvgIpc) is 2.20. The van der Waals surface area contributed by atoms with Crippen molar-refractivity contribution in [2.75, 3.05) is 7.05 Å². The van der Waals surface area contributed by atoms with Gasteiger partial charge in [-0.3, -0.25) is 10.1 Å². The molecule has 0 aliphatic heterocycles. The largest absolute Gasteiger partial charge is 0.314 e. The van der Waals surface area contributed by atoms with Crippen LogP contribution in [-0.4, -0.2) is 17.5 Å². The van der Waals surface area contributed by atoms with Crippen molar-refractivity contribution >= 4 is 21.6 Å². The molecule has 0 spiro atoms. The molecule has 1 aromatic carbocycles. The molecule has 1 rings (SSSR count). The Labute approximate surface area is 103 Å². The molecule has 4 nitrogen and oxygen atoms in total. The van der Waals surface area contributed by atoms with Crippen LogP contribution in [0.25, 0.3) is 0 Å². The molecule has 0 atom stereocenters. The molecule has 1 aromatic rings. The van der Waals surface area contributed by atoms with Gasteiger partial charge in [-0.2, -0.15) is 0 Å². The van der Waals surface area contributed by atoms with Crippen molar-refractivity contribution in [2.45, 2.75) is 25.8 Å². The second-order valence-electron chi connectivity index (χ2n) is 4.35. The molecule has 0 heterocycles. The number of hydrogen-bond donors (Lipinski definition) is 1. The lowest BCUT2D eigenvalue weighted by Gasteiger charge is -2.23. The summed E-state index contributed by atoms with van der Waals surface area (Å²) in [6.45, 7) is 4.11. The summed E-state index contributed by atoms with van der Waals surface area (Å²) in [4.78, 5) is 10.4. The normalized spacial score (nSPS) is 11.5. The first-order chi connectivity index (χ1) is 7.35. The third-order valence-corrected chi connectivity index (χ3v) is 3.20. The lowest BCUT2D eigenvalue weighted by atomic mass is 9.95. The summed E-state index contributed by atoms with van der Waals surface area (Å²) in [5, 5.41) is 13.9. The number of hydrogen-bond acceptors (Lipinski definition) is 3. The zero-order valence-electron chi connectivity index (χ0n) is 9.58. The Morgan fingerprint density at radius 2 is 2.12 bits per heavy atom. The minimum absolute atomic E-state index is 0.0678. The molecular formula is C11H15BrN2O2. The second-order valence-corrected chi connectivity index (χ2v) is 5.21. The van der Waals surface area contributed by atoms with Crippen LogP contribution in [0.1, 0.15) is 19.4 Å². The Bertz CT molecular complexity index is 405. The predicted molar refractivity (Wildman–Crippen MR) is 67.6 cm³/mol. The van der Waals surface area contributed by atoms with Gasteiger partial charge < -0.3 is 5.32 Å². The molecule has 0 aromatic heterocycles. The van der Waals surface area contributed by atoms with Crippen molar-refractivity contribution in [3.8, 4) is 0 Å². The smallest absolute Gasteiger partial charge is 0.283 e. The summed E-state index contributed by atoms with van der Waals surface area (Å²) >= 11 is 3.17. The lowest BCUT2D eigenvalue weighted by Crippen LogP contribution is -2.38. The van der Waals surface area contributed by atoms with Crippen LogP contribution < -0.4 is 5.32 Å². The lowest BCUT2D eigenvalue weighted by molar-refractivity contribution is -0.385. The number of halogens is 1. The Kier molecular flexibility index (Phi) is 4.04. The van der Waals surface area contributed by atoms with Gasteiger partial charge in [0.25, 0.3) is 5.69 Å². The van der Waals surface area contributed by atoms with Crippen LogP contribution in [0.15, 0.2) is 22.7 Å². The third-order valence-electron chi connectivity index (χ3n) is 2.53. The quantitative estimate of drug-likeness (QED) is 0.684. The van der Waals surface area contributed by atoms with Crippen LogP contribution in [0, 0.1) is 10.1 Å². The minimum Gasteiger partial charge on any atom is -0.314 e. The predicted octanol–water partition coefficient (Wildman–Crippen LogP) is 2.90. The fraction of sp³-hybridized carbons (Fsp3) is 0.455. The SMILES string of the molecule is CNC(C)(C)Cc1ccc(Br)c([N+](=O)[O-])c1. The molecular weight excluding hydrogens is 272 g/mol. The molecule has 0 radical (unpaired) electrons. The van der Waals surface area contributed by atoms with E-state index in [9.17, 15) is 10.1 Å². The Morgan fingerprint density at radius 3 is 2.62 bits per heavy atom. The molecule has 0 bridgehead atoms. The highest BCUT2D eigenvalue weighted by molar-refractivity contribution is 9.10. The van der Waals surface area contributed by atoms with Gasteiger partial charge in [0.15, 0.2) is 0 Å². The Morgan fingerprint density at radius 1 is 1.50 bits per heavy atom. The fourth-order valence-corrected chi connectivity index (χ4v) is 1.80. The standard InChI is InChI=1S/C11H15BrN2O2/c1-11(2,13-3)7-8-4-5-9(12)10(6-8)14(15)16/h4-6,13H,7H2,1-3H3. The van der Waals surface area contributed by atoms with E-state index >= 15 is 0 Å². The van der Waals surface area contributed by atoms with Crippen LogP contribution >= 0.6 is 15.9 Å². The average molecular weight is 287 g/mol. The molecule has 5 heteroatoms. The molecule has 88 valence electrons. The van der Waals surface area contributed by atoms with Crippen molar-refractivity contribution < 1.29 is 4.92 Å². The van der Waals surface area contributed by atoms with Gasteiger partial charge in [-0.1, -0.05) is 6.07 Å². The van der Waals surface area contributed by atoms with Gasteiger partial charge in [-0.15, -0.1) is 0 Å². The zero-order valence-corrected chi connectivity index (χ0v) is 11.2. The van der Waals surface area contributed by atoms with Crippen LogP contribution in [0.4, 0.5) is 5.69 Å². The van der Waals surface area contributed by atoms with E-state index < -0.39 is 0 Å². The monoisotopic (exact) mass is 286 g/mol. The first-order valence-electron chi connectivity index (χ1n) is 4.97. The van der Waals surface area contributed by atoms with Crippen LogP contribution in [0.2, 0.25) is 0 Å². The van der Waals surface area contributed by atoms with Crippen molar-refractivity contribution in [3.63, 3.8) is 0 Å². The van der Waals surface area contributed by atoms with Crippen molar-refractivity contribution in [1.29, 1.82) is 0 Å². The van der Waals surface area contributed by atoms with Crippen LogP contribution in [-0.2, 0) is 6.42 Å². The van der Waals surface area contributed by atoms with Gasteiger partial charge in [-0.25, -0.2) is 0 Å². The van der Waals surface area contributed by atoms with Crippen molar-refractivity contribution in [3.05, 3.63) is 38.3 Å². The zero-order chi connectivity index (χ0) is 12.3. The summed E-state index contributed by atoms with van der Waals surface area (Å²) in [6, 6.07) is 5.23. The van der Waals surface area contributed by atoms with E-state index in [2.05, 4.69) is 35.1 Å². The van der Waals surface area contributed by atoms with Gasteiger partial charge in [0.05, 0.1) is 9.40 Å². The summed E-state index contributed by atoms with van der Waals surface area (Å²) < 4.78 is 0.517. The van der Waals surface area contributed by atoms with Gasteiger partial charge in [0.2, 0.25) is 0 Å². The van der Waals surface area contributed by atoms with E-state index in [1.54, 1.807) is 12.1 Å². The molecule has 0 unspecified atom stereocenters. The molecule has 0 aliphatic rings. The molecule has 1 N–H and O–H groups in total. The van der Waals surface area contributed by atoms with Gasteiger partial charge >= 0.3 is 0 Å². The van der Waals surface area contributed by atoms with E-state index in [1.807, 2.05) is 13.1 Å². The van der Waals surface area contributed by atoms with E-state index in [4.69, 9.17) is 0 Å². The Balaban J connectivity index is 3.00. The topological polar surface area (TPSA) is 55.2 Å². The molecule has 0 amide bonds. The molecule has 0 saturated carbocycles. The van der Waals surface area contributed by atoms with E-state index in [-0.39, 0.29) is 16.1 Å². The maximum Gasteiger partial charge on any atom is 0.283 e. The number of nitro groups is 1. The first-order valence-corrected chi connectivity index (χ1v) is 5.77. The summed E-state index contributed by atoms with van der Waals surface area (Å²) in [5.41, 5.74) is 1.00. The number of nitro benzene ring substituents is 1. The fourth-order valence-electron chi connectivity index (χ4n) is 1.41. The number of rotatable bonds is 4. The third kappa shape index (κ3) is 3.28. The number of nitrogens with zero attached hydrogens (tertiary/aromatic N) is 1. The van der Waals surface area contributed by atoms with E-state index in [0.717, 1.165) is 12.0 Å². The molecule has 0 fully saturated rings.